The maximum Gasteiger partial charge on any atom is 0.164 e. The largest absolute Gasteiger partial charge is 0.208 e. The zero-order chi connectivity index (χ0) is 40.0. The summed E-state index contributed by atoms with van der Waals surface area (Å²) in [6.07, 6.45) is 0. The van der Waals surface area contributed by atoms with Gasteiger partial charge in [0.1, 0.15) is 0 Å². The van der Waals surface area contributed by atoms with E-state index in [4.69, 9.17) is 15.0 Å². The molecule has 278 valence electrons. The van der Waals surface area contributed by atoms with E-state index < -0.39 is 0 Å². The van der Waals surface area contributed by atoms with Crippen molar-refractivity contribution in [2.45, 2.75) is 0 Å². The predicted molar refractivity (Wildman–Crippen MR) is 245 cm³/mol. The van der Waals surface area contributed by atoms with Crippen LogP contribution in [-0.4, -0.2) is 15.0 Å². The van der Waals surface area contributed by atoms with E-state index in [-0.39, 0.29) is 0 Å². The van der Waals surface area contributed by atoms with Crippen molar-refractivity contribution in [3.05, 3.63) is 212 Å². The van der Waals surface area contributed by atoms with Crippen LogP contribution in [0, 0.1) is 11.3 Å². The second-order valence-corrected chi connectivity index (χ2v) is 15.1. The number of rotatable bonds is 7. The fourth-order valence-corrected chi connectivity index (χ4v) is 8.72. The molecule has 0 bridgehead atoms. The topological polar surface area (TPSA) is 62.5 Å². The lowest BCUT2D eigenvalue weighted by atomic mass is 9.82. The summed E-state index contributed by atoms with van der Waals surface area (Å²) in [6, 6.07) is 74.1. The van der Waals surface area contributed by atoms with Gasteiger partial charge in [0, 0.05) is 16.7 Å². The summed E-state index contributed by atoms with van der Waals surface area (Å²) in [5.74, 6) is 1.77. The van der Waals surface area contributed by atoms with E-state index in [1.54, 1.807) is 0 Å². The number of fused-ring (bicyclic) bond motifs is 3. The molecule has 0 saturated carbocycles. The van der Waals surface area contributed by atoms with Crippen molar-refractivity contribution >= 4 is 10.8 Å². The van der Waals surface area contributed by atoms with Crippen LogP contribution in [0.3, 0.4) is 0 Å². The Kier molecular flexibility index (Phi) is 8.50. The summed E-state index contributed by atoms with van der Waals surface area (Å²) in [7, 11) is 0. The zero-order valence-corrected chi connectivity index (χ0v) is 32.4. The van der Waals surface area contributed by atoms with Gasteiger partial charge in [0.15, 0.2) is 17.5 Å². The van der Waals surface area contributed by atoms with Crippen molar-refractivity contribution in [2.24, 2.45) is 0 Å². The Hall–Kier alpha value is -8.26. The molecule has 60 heavy (non-hydrogen) atoms. The highest BCUT2D eigenvalue weighted by molar-refractivity contribution is 6.22. The Bertz CT molecular complexity index is 3290. The van der Waals surface area contributed by atoms with Crippen molar-refractivity contribution in [1.29, 1.82) is 5.26 Å². The zero-order valence-electron chi connectivity index (χ0n) is 32.4. The van der Waals surface area contributed by atoms with Crippen LogP contribution in [0.5, 0.6) is 0 Å². The average molecular weight is 763 g/mol. The van der Waals surface area contributed by atoms with Crippen LogP contribution in [0.2, 0.25) is 0 Å². The first kappa shape index (κ1) is 34.9. The number of nitriles is 1. The van der Waals surface area contributed by atoms with Crippen molar-refractivity contribution in [3.63, 3.8) is 0 Å². The standard InChI is InChI=1S/C56H34N4/c57-35-36-14-10-23-43(32-36)44-24-11-25-45(33-44)56-59-54(41-19-8-3-9-20-41)58-55(60-56)42-30-28-38(29-31-42)48-34-49(37-15-4-1-5-16-37)52-46-26-12-21-39-22-13-27-47(50(39)46)53(52)51(48)40-17-6-2-7-18-40/h1-34H. The first-order valence-electron chi connectivity index (χ1n) is 20.1. The molecule has 0 spiro atoms. The molecule has 11 rings (SSSR count). The highest BCUT2D eigenvalue weighted by Crippen LogP contribution is 2.57. The van der Waals surface area contributed by atoms with E-state index in [2.05, 4.69) is 140 Å². The number of benzene rings is 9. The Morgan fingerprint density at radius 1 is 0.300 bits per heavy atom. The Balaban J connectivity index is 1.09. The lowest BCUT2D eigenvalue weighted by molar-refractivity contribution is 1.07. The van der Waals surface area contributed by atoms with Gasteiger partial charge in [-0.1, -0.05) is 182 Å². The minimum atomic E-state index is 0.576. The van der Waals surface area contributed by atoms with Gasteiger partial charge in [-0.2, -0.15) is 5.26 Å². The van der Waals surface area contributed by atoms with Crippen LogP contribution in [-0.2, 0) is 0 Å². The third kappa shape index (κ3) is 6.05. The molecule has 0 N–H and O–H groups in total. The normalized spacial score (nSPS) is 11.3. The molecule has 0 amide bonds. The van der Waals surface area contributed by atoms with E-state index in [0.717, 1.165) is 38.9 Å². The maximum absolute atomic E-state index is 9.55. The lowest BCUT2D eigenvalue weighted by Crippen LogP contribution is -2.00. The molecular formula is C56H34N4. The highest BCUT2D eigenvalue weighted by atomic mass is 15.0. The van der Waals surface area contributed by atoms with Gasteiger partial charge < -0.3 is 0 Å². The van der Waals surface area contributed by atoms with Gasteiger partial charge in [0.2, 0.25) is 0 Å². The van der Waals surface area contributed by atoms with Gasteiger partial charge >= 0.3 is 0 Å². The number of aromatic nitrogens is 3. The van der Waals surface area contributed by atoms with Crippen molar-refractivity contribution < 1.29 is 0 Å². The molecular weight excluding hydrogens is 729 g/mol. The van der Waals surface area contributed by atoms with Gasteiger partial charge in [-0.05, 0) is 102 Å². The predicted octanol–water partition coefficient (Wildman–Crippen LogP) is 14.2. The van der Waals surface area contributed by atoms with Crippen LogP contribution in [0.25, 0.3) is 112 Å². The van der Waals surface area contributed by atoms with E-state index >= 15 is 0 Å². The summed E-state index contributed by atoms with van der Waals surface area (Å²) >= 11 is 0. The molecule has 1 aliphatic rings. The van der Waals surface area contributed by atoms with Crippen LogP contribution >= 0.6 is 0 Å². The smallest absolute Gasteiger partial charge is 0.164 e. The minimum Gasteiger partial charge on any atom is -0.208 e. The first-order chi connectivity index (χ1) is 29.7. The van der Waals surface area contributed by atoms with Gasteiger partial charge in [-0.25, -0.2) is 15.0 Å². The SMILES string of the molecule is N#Cc1cccc(-c2cccc(-c3nc(-c4ccccc4)nc(-c4ccc(-c5cc(-c6ccccc6)c6c(c5-c5ccccc5)-c5cccc7cccc-6c57)cc4)n3)c2)c1. The molecule has 1 aromatic heterocycles. The molecule has 4 heteroatoms. The fraction of sp³-hybridized carbons (Fsp3) is 0. The van der Waals surface area contributed by atoms with Gasteiger partial charge in [-0.3, -0.25) is 0 Å². The van der Waals surface area contributed by atoms with Crippen LogP contribution in [0.1, 0.15) is 5.56 Å². The minimum absolute atomic E-state index is 0.576. The average Bonchev–Trinajstić information content (AvgIpc) is 3.67. The Morgan fingerprint density at radius 2 is 0.750 bits per heavy atom. The molecule has 0 atom stereocenters. The fourth-order valence-electron chi connectivity index (χ4n) is 8.72. The second-order valence-electron chi connectivity index (χ2n) is 15.1. The molecule has 0 saturated heterocycles. The monoisotopic (exact) mass is 762 g/mol. The second kappa shape index (κ2) is 14.6. The van der Waals surface area contributed by atoms with Crippen LogP contribution in [0.15, 0.2) is 206 Å². The lowest BCUT2D eigenvalue weighted by Gasteiger charge is -2.21. The number of nitrogens with zero attached hydrogens (tertiary/aromatic N) is 4. The van der Waals surface area contributed by atoms with E-state index in [1.165, 1.54) is 55.3 Å². The number of hydrogen-bond donors (Lipinski definition) is 0. The molecule has 0 aliphatic heterocycles. The first-order valence-corrected chi connectivity index (χ1v) is 20.1. The molecule has 10 aromatic rings. The van der Waals surface area contributed by atoms with E-state index in [0.29, 0.717) is 23.0 Å². The van der Waals surface area contributed by atoms with Gasteiger partial charge in [0.25, 0.3) is 0 Å². The molecule has 1 aliphatic carbocycles. The van der Waals surface area contributed by atoms with Crippen molar-refractivity contribution in [3.8, 4) is 107 Å². The molecule has 0 radical (unpaired) electrons. The quantitative estimate of drug-likeness (QED) is 0.162. The highest BCUT2D eigenvalue weighted by Gasteiger charge is 2.30. The number of hydrogen-bond acceptors (Lipinski definition) is 4. The summed E-state index contributed by atoms with van der Waals surface area (Å²) in [4.78, 5) is 15.2. The Morgan fingerprint density at radius 3 is 1.40 bits per heavy atom. The molecule has 1 heterocycles. The summed E-state index contributed by atoms with van der Waals surface area (Å²) in [5.41, 5.74) is 17.4. The van der Waals surface area contributed by atoms with Crippen LogP contribution < -0.4 is 0 Å². The third-order valence-corrected chi connectivity index (χ3v) is 11.5. The van der Waals surface area contributed by atoms with E-state index in [9.17, 15) is 5.26 Å². The summed E-state index contributed by atoms with van der Waals surface area (Å²) in [5, 5.41) is 12.1. The third-order valence-electron chi connectivity index (χ3n) is 11.5. The van der Waals surface area contributed by atoms with Crippen LogP contribution in [0.4, 0.5) is 0 Å². The molecule has 0 unspecified atom stereocenters. The Labute approximate surface area is 348 Å². The van der Waals surface area contributed by atoms with E-state index in [1.807, 2.05) is 72.8 Å². The van der Waals surface area contributed by atoms with Gasteiger partial charge in [0.05, 0.1) is 11.6 Å². The summed E-state index contributed by atoms with van der Waals surface area (Å²) < 4.78 is 0. The summed E-state index contributed by atoms with van der Waals surface area (Å²) in [6.45, 7) is 0. The van der Waals surface area contributed by atoms with Crippen molar-refractivity contribution in [2.75, 3.05) is 0 Å². The van der Waals surface area contributed by atoms with Gasteiger partial charge in [-0.15, -0.1) is 0 Å². The molecule has 0 fully saturated rings. The molecule has 4 nitrogen and oxygen atoms in total. The molecule has 9 aromatic carbocycles. The van der Waals surface area contributed by atoms with Crippen molar-refractivity contribution in [1.82, 2.24) is 15.0 Å². The maximum atomic E-state index is 9.55.